The quantitative estimate of drug-likeness (QED) is 0.460. The Labute approximate surface area is 224 Å². The summed E-state index contributed by atoms with van der Waals surface area (Å²) in [5.41, 5.74) is 0.761. The van der Waals surface area contributed by atoms with Crippen LogP contribution in [0, 0.1) is 17.2 Å². The molecule has 3 rings (SSSR count). The van der Waals surface area contributed by atoms with E-state index in [1.807, 2.05) is 74.5 Å². The number of nitriles is 1. The number of benzene rings is 2. The molecule has 3 N–H and O–H groups in total. The van der Waals surface area contributed by atoms with Gasteiger partial charge in [0.2, 0.25) is 0 Å². The van der Waals surface area contributed by atoms with Gasteiger partial charge in [0.15, 0.2) is 6.10 Å². The molecular formula is C29H37N5O4. The molecule has 0 aliphatic carbocycles. The molecule has 1 unspecified atom stereocenters. The van der Waals surface area contributed by atoms with Crippen molar-refractivity contribution in [2.75, 3.05) is 13.1 Å². The predicted molar refractivity (Wildman–Crippen MR) is 144 cm³/mol. The molecule has 9 heteroatoms. The maximum absolute atomic E-state index is 13.2. The van der Waals surface area contributed by atoms with E-state index in [-0.39, 0.29) is 24.9 Å². The molecule has 0 spiro atoms. The SMILES string of the molecule is CC(C)C[C@H](OC(=O)NCc1ccccc1)C(=O)NC1(C#N)CCCN(C(=O)NCc2ccccc2)CC1. The molecule has 1 aliphatic rings. The number of nitrogens with zero attached hydrogens (tertiary/aromatic N) is 2. The van der Waals surface area contributed by atoms with Crippen molar-refractivity contribution in [3.05, 3.63) is 71.8 Å². The average Bonchev–Trinajstić information content (AvgIpc) is 3.14. The van der Waals surface area contributed by atoms with Crippen molar-refractivity contribution in [1.29, 1.82) is 5.26 Å². The summed E-state index contributed by atoms with van der Waals surface area (Å²) < 4.78 is 5.49. The Balaban J connectivity index is 1.56. The normalized spacial score (nSPS) is 18.0. The highest BCUT2D eigenvalue weighted by Crippen LogP contribution is 2.23. The molecule has 4 amide bonds. The van der Waals surface area contributed by atoms with Gasteiger partial charge in [-0.2, -0.15) is 5.26 Å². The van der Waals surface area contributed by atoms with Crippen LogP contribution < -0.4 is 16.0 Å². The lowest BCUT2D eigenvalue weighted by Gasteiger charge is -2.29. The van der Waals surface area contributed by atoms with E-state index in [2.05, 4.69) is 22.0 Å². The van der Waals surface area contributed by atoms with Gasteiger partial charge >= 0.3 is 12.1 Å². The Morgan fingerprint density at radius 1 is 0.947 bits per heavy atom. The monoisotopic (exact) mass is 519 g/mol. The van der Waals surface area contributed by atoms with Gasteiger partial charge in [-0.15, -0.1) is 0 Å². The second-order valence-electron chi connectivity index (χ2n) is 10.0. The zero-order chi connectivity index (χ0) is 27.4. The molecule has 38 heavy (non-hydrogen) atoms. The molecule has 0 bridgehead atoms. The minimum absolute atomic E-state index is 0.0867. The van der Waals surface area contributed by atoms with Crippen molar-refractivity contribution in [3.8, 4) is 6.07 Å². The lowest BCUT2D eigenvalue weighted by Crippen LogP contribution is -2.53. The van der Waals surface area contributed by atoms with E-state index >= 15 is 0 Å². The molecule has 1 saturated heterocycles. The highest BCUT2D eigenvalue weighted by Gasteiger charge is 2.38. The van der Waals surface area contributed by atoms with Gasteiger partial charge in [0.05, 0.1) is 6.07 Å². The van der Waals surface area contributed by atoms with E-state index in [4.69, 9.17) is 4.74 Å². The second-order valence-corrected chi connectivity index (χ2v) is 10.0. The number of carbonyl (C=O) groups excluding carboxylic acids is 3. The second kappa shape index (κ2) is 14.0. The maximum atomic E-state index is 13.2. The number of urea groups is 1. The molecule has 9 nitrogen and oxygen atoms in total. The summed E-state index contributed by atoms with van der Waals surface area (Å²) in [7, 11) is 0. The van der Waals surface area contributed by atoms with Gasteiger partial charge in [-0.05, 0) is 36.3 Å². The van der Waals surface area contributed by atoms with Crippen LogP contribution in [0.15, 0.2) is 60.7 Å². The molecule has 0 radical (unpaired) electrons. The first-order valence-corrected chi connectivity index (χ1v) is 13.1. The van der Waals surface area contributed by atoms with E-state index < -0.39 is 23.6 Å². The number of rotatable bonds is 9. The number of nitrogens with one attached hydrogen (secondary N) is 3. The third-order valence-electron chi connectivity index (χ3n) is 6.50. The van der Waals surface area contributed by atoms with Gasteiger partial charge in [-0.25, -0.2) is 9.59 Å². The number of hydrogen-bond donors (Lipinski definition) is 3. The smallest absolute Gasteiger partial charge is 0.408 e. The van der Waals surface area contributed by atoms with E-state index in [0.29, 0.717) is 38.9 Å². The van der Waals surface area contributed by atoms with E-state index in [1.165, 1.54) is 0 Å². The van der Waals surface area contributed by atoms with Crippen molar-refractivity contribution < 1.29 is 19.1 Å². The van der Waals surface area contributed by atoms with Crippen LogP contribution in [0.4, 0.5) is 9.59 Å². The van der Waals surface area contributed by atoms with Crippen LogP contribution in [0.5, 0.6) is 0 Å². The molecule has 0 saturated carbocycles. The van der Waals surface area contributed by atoms with Crippen LogP contribution in [0.3, 0.4) is 0 Å². The fourth-order valence-electron chi connectivity index (χ4n) is 4.38. The zero-order valence-electron chi connectivity index (χ0n) is 22.1. The largest absolute Gasteiger partial charge is 0.436 e. The summed E-state index contributed by atoms with van der Waals surface area (Å²) in [4.78, 5) is 40.1. The summed E-state index contributed by atoms with van der Waals surface area (Å²) in [6.07, 6.45) is -0.179. The summed E-state index contributed by atoms with van der Waals surface area (Å²) in [5.74, 6) is -0.416. The van der Waals surface area contributed by atoms with Crippen LogP contribution in [0.25, 0.3) is 0 Å². The standard InChI is InChI=1S/C29H37N5O4/c1-22(2)18-25(38-28(37)32-20-24-12-7-4-8-13-24)26(35)33-29(21-30)14-9-16-34(17-15-29)27(36)31-19-23-10-5-3-6-11-23/h3-8,10-13,22,25H,9,14-20H2,1-2H3,(H,31,36)(H,32,37)(H,33,35)/t25-,29?/m0/s1. The van der Waals surface area contributed by atoms with Gasteiger partial charge in [-0.3, -0.25) is 4.79 Å². The van der Waals surface area contributed by atoms with Crippen LogP contribution in [0.1, 0.15) is 50.7 Å². The Kier molecular flexibility index (Phi) is 10.5. The minimum Gasteiger partial charge on any atom is -0.436 e. The minimum atomic E-state index is -1.15. The summed E-state index contributed by atoms with van der Waals surface area (Å²) in [6, 6.07) is 21.1. The fourth-order valence-corrected chi connectivity index (χ4v) is 4.38. The molecule has 2 aromatic carbocycles. The molecule has 2 aromatic rings. The van der Waals surface area contributed by atoms with Gasteiger partial charge in [0.25, 0.3) is 5.91 Å². The number of likely N-dealkylation sites (tertiary alicyclic amines) is 1. The molecule has 1 fully saturated rings. The number of amides is 4. The average molecular weight is 520 g/mol. The molecule has 0 aromatic heterocycles. The number of ether oxygens (including phenoxy) is 1. The van der Waals surface area contributed by atoms with E-state index in [1.54, 1.807) is 4.90 Å². The van der Waals surface area contributed by atoms with Crippen molar-refractivity contribution in [2.45, 2.75) is 64.3 Å². The third-order valence-corrected chi connectivity index (χ3v) is 6.50. The maximum Gasteiger partial charge on any atom is 0.408 e. The predicted octanol–water partition coefficient (Wildman–Crippen LogP) is 4.10. The topological polar surface area (TPSA) is 124 Å². The van der Waals surface area contributed by atoms with Crippen LogP contribution in [-0.4, -0.2) is 47.7 Å². The van der Waals surface area contributed by atoms with Gasteiger partial charge in [-0.1, -0.05) is 74.5 Å². The molecular weight excluding hydrogens is 482 g/mol. The molecule has 2 atom stereocenters. The molecule has 1 heterocycles. The van der Waals surface area contributed by atoms with Crippen molar-refractivity contribution >= 4 is 18.0 Å². The van der Waals surface area contributed by atoms with Crippen molar-refractivity contribution in [3.63, 3.8) is 0 Å². The lowest BCUT2D eigenvalue weighted by molar-refractivity contribution is -0.131. The van der Waals surface area contributed by atoms with Crippen LogP contribution in [-0.2, 0) is 22.6 Å². The first-order valence-electron chi connectivity index (χ1n) is 13.1. The Morgan fingerprint density at radius 2 is 1.55 bits per heavy atom. The van der Waals surface area contributed by atoms with Crippen molar-refractivity contribution in [1.82, 2.24) is 20.9 Å². The Hall–Kier alpha value is -4.06. The van der Waals surface area contributed by atoms with Gasteiger partial charge < -0.3 is 25.6 Å². The Morgan fingerprint density at radius 3 is 2.13 bits per heavy atom. The molecule has 1 aliphatic heterocycles. The third kappa shape index (κ3) is 8.80. The number of hydrogen-bond acceptors (Lipinski definition) is 5. The van der Waals surface area contributed by atoms with Crippen LogP contribution in [0.2, 0.25) is 0 Å². The van der Waals surface area contributed by atoms with Gasteiger partial charge in [0, 0.05) is 32.6 Å². The zero-order valence-corrected chi connectivity index (χ0v) is 22.1. The summed E-state index contributed by atoms with van der Waals surface area (Å²) >= 11 is 0. The number of carbonyl (C=O) groups is 3. The van der Waals surface area contributed by atoms with E-state index in [0.717, 1.165) is 11.1 Å². The first kappa shape index (κ1) is 28.5. The summed E-state index contributed by atoms with van der Waals surface area (Å²) in [6.45, 7) is 5.36. The summed E-state index contributed by atoms with van der Waals surface area (Å²) in [5, 5.41) is 18.5. The Bertz CT molecular complexity index is 1100. The fraction of sp³-hybridized carbons (Fsp3) is 0.448. The van der Waals surface area contributed by atoms with Crippen LogP contribution >= 0.6 is 0 Å². The molecule has 202 valence electrons. The number of alkyl carbamates (subject to hydrolysis) is 1. The van der Waals surface area contributed by atoms with E-state index in [9.17, 15) is 19.6 Å². The van der Waals surface area contributed by atoms with Gasteiger partial charge in [0.1, 0.15) is 5.54 Å². The highest BCUT2D eigenvalue weighted by molar-refractivity contribution is 5.84. The lowest BCUT2D eigenvalue weighted by atomic mass is 9.91. The highest BCUT2D eigenvalue weighted by atomic mass is 16.6. The first-order chi connectivity index (χ1) is 18.3. The van der Waals surface area contributed by atoms with Crippen molar-refractivity contribution in [2.24, 2.45) is 5.92 Å².